The maximum atomic E-state index is 13.1. The lowest BCUT2D eigenvalue weighted by atomic mass is 9.97. The van der Waals surface area contributed by atoms with Crippen molar-refractivity contribution in [3.8, 4) is 0 Å². The molecule has 2 aliphatic heterocycles. The Balaban J connectivity index is 1.57. The molecule has 2 heterocycles. The minimum absolute atomic E-state index is 0.210. The highest BCUT2D eigenvalue weighted by Gasteiger charge is 2.51. The van der Waals surface area contributed by atoms with Gasteiger partial charge in [0.1, 0.15) is 48.8 Å². The summed E-state index contributed by atoms with van der Waals surface area (Å²) in [6, 6.07) is -0.820. The van der Waals surface area contributed by atoms with Gasteiger partial charge in [-0.25, -0.2) is 0 Å². The predicted octanol–water partition coefficient (Wildman–Crippen LogP) is 8.33. The number of hydrogen-bond donors (Lipinski definition) is 9. The van der Waals surface area contributed by atoms with Gasteiger partial charge in [-0.1, -0.05) is 199 Å². The average molecular weight is 974 g/mol. The van der Waals surface area contributed by atoms with Crippen LogP contribution in [0.3, 0.4) is 0 Å². The minimum atomic E-state index is -1.78. The lowest BCUT2D eigenvalue weighted by Crippen LogP contribution is -2.65. The molecule has 2 aliphatic rings. The molecule has 0 saturated carbocycles. The molecular formula is C54H103NO13. The molecule has 0 aliphatic carbocycles. The first-order valence-corrected chi connectivity index (χ1v) is 27.9. The second-order valence-corrected chi connectivity index (χ2v) is 20.1. The van der Waals surface area contributed by atoms with Crippen molar-refractivity contribution in [1.29, 1.82) is 0 Å². The number of aliphatic hydroxyl groups is 8. The molecule has 0 spiro atoms. The zero-order chi connectivity index (χ0) is 49.6. The Morgan fingerprint density at radius 1 is 0.515 bits per heavy atom. The number of carbonyl (C=O) groups is 1. The van der Waals surface area contributed by atoms with Crippen LogP contribution in [0.1, 0.15) is 232 Å². The van der Waals surface area contributed by atoms with Gasteiger partial charge in [-0.2, -0.15) is 0 Å². The molecule has 12 atom stereocenters. The highest BCUT2D eigenvalue weighted by molar-refractivity contribution is 5.76. The van der Waals surface area contributed by atoms with Crippen molar-refractivity contribution in [2.24, 2.45) is 0 Å². The first-order chi connectivity index (χ1) is 33.1. The summed E-state index contributed by atoms with van der Waals surface area (Å²) in [5.74, 6) is -0.210. The van der Waals surface area contributed by atoms with Crippen molar-refractivity contribution >= 4 is 5.91 Å². The van der Waals surface area contributed by atoms with E-state index in [2.05, 4.69) is 31.3 Å². The van der Waals surface area contributed by atoms with E-state index >= 15 is 0 Å². The fourth-order valence-corrected chi connectivity index (χ4v) is 9.41. The SMILES string of the molecule is CCCCCCCCCC/C=C\CCCCCCCCCCCCCCCCCCCC(=O)NC(COC1OC(CO)C(OC2OC(CO)C(O)C(O)C2O)C(O)C1O)C(O)CCCCCCC. The van der Waals surface area contributed by atoms with Crippen LogP contribution >= 0.6 is 0 Å². The van der Waals surface area contributed by atoms with Crippen molar-refractivity contribution in [2.75, 3.05) is 19.8 Å². The van der Waals surface area contributed by atoms with E-state index in [9.17, 15) is 45.6 Å². The van der Waals surface area contributed by atoms with Crippen LogP contribution in [0.2, 0.25) is 0 Å². The van der Waals surface area contributed by atoms with Gasteiger partial charge in [0.2, 0.25) is 5.91 Å². The molecule has 68 heavy (non-hydrogen) atoms. The highest BCUT2D eigenvalue weighted by atomic mass is 16.7. The first-order valence-electron chi connectivity index (χ1n) is 27.9. The molecule has 12 unspecified atom stereocenters. The maximum Gasteiger partial charge on any atom is 0.220 e. The number of rotatable bonds is 44. The molecule has 14 nitrogen and oxygen atoms in total. The number of aliphatic hydroxyl groups excluding tert-OH is 8. The van der Waals surface area contributed by atoms with Crippen molar-refractivity contribution in [3.63, 3.8) is 0 Å². The second kappa shape index (κ2) is 41.2. The zero-order valence-electron chi connectivity index (χ0n) is 42.9. The molecule has 9 N–H and O–H groups in total. The molecule has 1 amide bonds. The van der Waals surface area contributed by atoms with Crippen LogP contribution in [0.25, 0.3) is 0 Å². The summed E-state index contributed by atoms with van der Waals surface area (Å²) < 4.78 is 22.6. The highest BCUT2D eigenvalue weighted by Crippen LogP contribution is 2.30. The molecule has 2 rings (SSSR count). The Kier molecular flexibility index (Phi) is 38.1. The van der Waals surface area contributed by atoms with E-state index in [0.717, 1.165) is 57.8 Å². The summed E-state index contributed by atoms with van der Waals surface area (Å²) in [7, 11) is 0. The monoisotopic (exact) mass is 974 g/mol. The number of carbonyl (C=O) groups excluding carboxylic acids is 1. The van der Waals surface area contributed by atoms with E-state index in [-0.39, 0.29) is 12.5 Å². The molecule has 0 bridgehead atoms. The minimum Gasteiger partial charge on any atom is -0.394 e. The first kappa shape index (κ1) is 62.8. The molecule has 2 saturated heterocycles. The van der Waals surface area contributed by atoms with Crippen molar-refractivity contribution in [2.45, 2.75) is 306 Å². The lowest BCUT2D eigenvalue weighted by molar-refractivity contribution is -0.359. The van der Waals surface area contributed by atoms with Crippen LogP contribution in [0, 0.1) is 0 Å². The Bertz CT molecular complexity index is 1200. The normalized spacial score (nSPS) is 26.4. The number of allylic oxidation sites excluding steroid dienone is 2. The van der Waals surface area contributed by atoms with E-state index in [1.807, 2.05) is 0 Å². The zero-order valence-corrected chi connectivity index (χ0v) is 42.9. The Morgan fingerprint density at radius 3 is 1.40 bits per heavy atom. The van der Waals surface area contributed by atoms with Crippen LogP contribution in [0.4, 0.5) is 0 Å². The summed E-state index contributed by atoms with van der Waals surface area (Å²) in [5.41, 5.74) is 0. The Labute approximate surface area is 412 Å². The molecule has 0 aromatic heterocycles. The third-order valence-corrected chi connectivity index (χ3v) is 14.0. The van der Waals surface area contributed by atoms with Crippen LogP contribution in [0.5, 0.6) is 0 Å². The van der Waals surface area contributed by atoms with E-state index in [4.69, 9.17) is 18.9 Å². The van der Waals surface area contributed by atoms with Gasteiger partial charge in [0.05, 0.1) is 32.0 Å². The van der Waals surface area contributed by atoms with Crippen molar-refractivity contribution in [3.05, 3.63) is 12.2 Å². The van der Waals surface area contributed by atoms with Gasteiger partial charge < -0.3 is 65.1 Å². The number of ether oxygens (including phenoxy) is 4. The third-order valence-electron chi connectivity index (χ3n) is 14.0. The molecule has 2 fully saturated rings. The number of nitrogens with one attached hydrogen (secondary N) is 1. The number of amides is 1. The van der Waals surface area contributed by atoms with E-state index in [1.165, 1.54) is 148 Å². The number of unbranched alkanes of at least 4 members (excludes halogenated alkanes) is 29. The summed E-state index contributed by atoms with van der Waals surface area (Å²) in [6.45, 7) is 2.76. The lowest BCUT2D eigenvalue weighted by Gasteiger charge is -2.46. The Morgan fingerprint density at radius 2 is 0.926 bits per heavy atom. The molecule has 0 aromatic rings. The van der Waals surface area contributed by atoms with Crippen LogP contribution in [-0.2, 0) is 23.7 Å². The van der Waals surface area contributed by atoms with E-state index in [0.29, 0.717) is 12.8 Å². The fourth-order valence-electron chi connectivity index (χ4n) is 9.41. The topological polar surface area (TPSA) is 228 Å². The van der Waals surface area contributed by atoms with Crippen LogP contribution in [0.15, 0.2) is 12.2 Å². The Hall–Kier alpha value is -1.27. The van der Waals surface area contributed by atoms with Crippen LogP contribution in [-0.4, -0.2) is 140 Å². The van der Waals surface area contributed by atoms with Gasteiger partial charge in [0.15, 0.2) is 12.6 Å². The quantitative estimate of drug-likeness (QED) is 0.0207. The fraction of sp³-hybridized carbons (Fsp3) is 0.944. The summed E-state index contributed by atoms with van der Waals surface area (Å²) >= 11 is 0. The summed E-state index contributed by atoms with van der Waals surface area (Å²) in [5, 5.41) is 86.4. The van der Waals surface area contributed by atoms with Gasteiger partial charge in [-0.3, -0.25) is 4.79 Å². The van der Waals surface area contributed by atoms with Gasteiger partial charge in [-0.15, -0.1) is 0 Å². The molecule has 0 aromatic carbocycles. The summed E-state index contributed by atoms with van der Waals surface area (Å²) in [4.78, 5) is 13.1. The smallest absolute Gasteiger partial charge is 0.220 e. The van der Waals surface area contributed by atoms with Crippen LogP contribution < -0.4 is 5.32 Å². The molecular weight excluding hydrogens is 871 g/mol. The maximum absolute atomic E-state index is 13.1. The molecule has 14 heteroatoms. The molecule has 402 valence electrons. The standard InChI is InChI=1S/C54H103NO13/c1-3-5-7-9-10-11-12-13-14-15-16-17-18-19-20-21-22-23-24-25-26-27-28-29-30-31-32-34-36-38-46(59)55-42(43(58)37-35-33-8-6-4-2)41-65-53-51(64)49(62)52(45(40-57)67-53)68-54-50(63)48(61)47(60)44(39-56)66-54/h15-16,42-45,47-54,56-58,60-64H,3-14,17-41H2,1-2H3,(H,55,59)/b16-15-. The van der Waals surface area contributed by atoms with E-state index < -0.39 is 86.8 Å². The predicted molar refractivity (Wildman–Crippen MR) is 268 cm³/mol. The van der Waals surface area contributed by atoms with Crippen molar-refractivity contribution in [1.82, 2.24) is 5.32 Å². The largest absolute Gasteiger partial charge is 0.394 e. The van der Waals surface area contributed by atoms with Gasteiger partial charge in [0, 0.05) is 6.42 Å². The van der Waals surface area contributed by atoms with Gasteiger partial charge in [0.25, 0.3) is 0 Å². The second-order valence-electron chi connectivity index (χ2n) is 20.1. The van der Waals surface area contributed by atoms with E-state index in [1.54, 1.807) is 0 Å². The number of hydrogen-bond acceptors (Lipinski definition) is 13. The van der Waals surface area contributed by atoms with Crippen molar-refractivity contribution < 1.29 is 64.6 Å². The summed E-state index contributed by atoms with van der Waals surface area (Å²) in [6.07, 6.45) is 28.8. The van der Waals surface area contributed by atoms with Gasteiger partial charge in [-0.05, 0) is 38.5 Å². The third kappa shape index (κ3) is 27.5. The average Bonchev–Trinajstić information content (AvgIpc) is 3.34. The van der Waals surface area contributed by atoms with Gasteiger partial charge >= 0.3 is 0 Å². The molecule has 0 radical (unpaired) electrons.